The number of halogens is 3. The van der Waals surface area contributed by atoms with E-state index in [0.29, 0.717) is 15.4 Å². The molecule has 150 valence electrons. The minimum Gasteiger partial charge on any atom is -0.368 e. The molecular formula is C19H19Cl3N2O2S2. The Morgan fingerprint density at radius 3 is 2.39 bits per heavy atom. The standard InChI is InChI=1S/C19H18Cl2N2O2S2.ClH/c1-22-5-7-23(8-6-22)17-11-14(21)10-16-18(12-26-19(16)17)27(24,25)15-4-2-3-13(20)9-15;/h2-4,9-12H,5-8H2,1H3;1H. The summed E-state index contributed by atoms with van der Waals surface area (Å²) in [5, 5.41) is 3.31. The number of rotatable bonds is 3. The molecule has 0 atom stereocenters. The van der Waals surface area contributed by atoms with Crippen LogP contribution in [0.15, 0.2) is 51.6 Å². The van der Waals surface area contributed by atoms with E-state index >= 15 is 0 Å². The maximum absolute atomic E-state index is 13.2. The minimum absolute atomic E-state index is 0. The fourth-order valence-electron chi connectivity index (χ4n) is 3.31. The van der Waals surface area contributed by atoms with Crippen LogP contribution in [0.25, 0.3) is 10.1 Å². The average molecular weight is 478 g/mol. The van der Waals surface area contributed by atoms with Gasteiger partial charge < -0.3 is 9.80 Å². The SMILES string of the molecule is CN1CCN(c2cc(Cl)cc3c(S(=O)(=O)c4cccc(Cl)c4)csc23)CC1.Cl. The van der Waals surface area contributed by atoms with Crippen molar-refractivity contribution < 1.29 is 8.42 Å². The minimum atomic E-state index is -3.68. The molecule has 4 rings (SSSR count). The molecule has 1 aromatic heterocycles. The van der Waals surface area contributed by atoms with Gasteiger partial charge in [-0.2, -0.15) is 0 Å². The summed E-state index contributed by atoms with van der Waals surface area (Å²) in [7, 11) is -1.57. The first kappa shape index (κ1) is 21.7. The molecule has 1 fully saturated rings. The van der Waals surface area contributed by atoms with Gasteiger partial charge in [-0.3, -0.25) is 0 Å². The summed E-state index contributed by atoms with van der Waals surface area (Å²) in [4.78, 5) is 5.03. The van der Waals surface area contributed by atoms with Crippen molar-refractivity contribution in [3.63, 3.8) is 0 Å². The Labute approximate surface area is 185 Å². The Kier molecular flexibility index (Phi) is 6.49. The zero-order chi connectivity index (χ0) is 19.2. The van der Waals surface area contributed by atoms with E-state index in [1.807, 2.05) is 6.07 Å². The van der Waals surface area contributed by atoms with Crippen LogP contribution >= 0.6 is 46.9 Å². The highest BCUT2D eigenvalue weighted by Gasteiger charge is 2.25. The molecule has 0 spiro atoms. The average Bonchev–Trinajstić information content (AvgIpc) is 3.06. The fourth-order valence-corrected chi connectivity index (χ4v) is 6.70. The number of hydrogen-bond donors (Lipinski definition) is 0. The molecule has 4 nitrogen and oxygen atoms in total. The zero-order valence-corrected chi connectivity index (χ0v) is 19.0. The topological polar surface area (TPSA) is 40.6 Å². The third kappa shape index (κ3) is 3.99. The van der Waals surface area contributed by atoms with Crippen molar-refractivity contribution in [1.82, 2.24) is 4.90 Å². The second kappa shape index (κ2) is 8.38. The molecule has 0 aliphatic carbocycles. The Hall–Kier alpha value is -1.02. The van der Waals surface area contributed by atoms with Gasteiger partial charge in [-0.25, -0.2) is 8.42 Å². The lowest BCUT2D eigenvalue weighted by Gasteiger charge is -2.34. The Morgan fingerprint density at radius 2 is 1.71 bits per heavy atom. The number of piperazine rings is 1. The molecule has 1 saturated heterocycles. The Morgan fingerprint density at radius 1 is 1.00 bits per heavy atom. The van der Waals surface area contributed by atoms with Crippen LogP contribution in [0.5, 0.6) is 0 Å². The lowest BCUT2D eigenvalue weighted by atomic mass is 10.2. The van der Waals surface area contributed by atoms with Crippen molar-refractivity contribution in [2.75, 3.05) is 38.1 Å². The molecule has 0 radical (unpaired) electrons. The number of hydrogen-bond acceptors (Lipinski definition) is 5. The number of benzene rings is 2. The van der Waals surface area contributed by atoms with E-state index in [-0.39, 0.29) is 22.2 Å². The summed E-state index contributed by atoms with van der Waals surface area (Å²) in [6.07, 6.45) is 0. The van der Waals surface area contributed by atoms with E-state index in [2.05, 4.69) is 16.8 Å². The molecule has 0 amide bonds. The second-order valence-electron chi connectivity index (χ2n) is 6.65. The molecule has 2 heterocycles. The highest BCUT2D eigenvalue weighted by molar-refractivity contribution is 7.92. The van der Waals surface area contributed by atoms with Gasteiger partial charge in [0, 0.05) is 47.0 Å². The fraction of sp³-hybridized carbons (Fsp3) is 0.263. The highest BCUT2D eigenvalue weighted by Crippen LogP contribution is 2.41. The molecule has 0 N–H and O–H groups in total. The maximum atomic E-state index is 13.2. The van der Waals surface area contributed by atoms with Crippen molar-refractivity contribution >= 4 is 72.6 Å². The second-order valence-corrected chi connectivity index (χ2v) is 10.3. The lowest BCUT2D eigenvalue weighted by Crippen LogP contribution is -2.44. The van der Waals surface area contributed by atoms with Gasteiger partial charge in [0.15, 0.2) is 0 Å². The Bertz CT molecular complexity index is 1110. The maximum Gasteiger partial charge on any atom is 0.208 e. The van der Waals surface area contributed by atoms with Crippen molar-refractivity contribution in [1.29, 1.82) is 0 Å². The number of nitrogens with zero attached hydrogens (tertiary/aromatic N) is 2. The number of fused-ring (bicyclic) bond motifs is 1. The summed E-state index contributed by atoms with van der Waals surface area (Å²) < 4.78 is 27.3. The summed E-state index contributed by atoms with van der Waals surface area (Å²) in [6.45, 7) is 3.71. The van der Waals surface area contributed by atoms with Gasteiger partial charge in [-0.15, -0.1) is 23.7 Å². The first-order chi connectivity index (χ1) is 12.9. The Balaban J connectivity index is 0.00000225. The highest BCUT2D eigenvalue weighted by atomic mass is 35.5. The first-order valence-corrected chi connectivity index (χ1v) is 11.6. The molecule has 28 heavy (non-hydrogen) atoms. The largest absolute Gasteiger partial charge is 0.368 e. The number of thiophene rings is 1. The van der Waals surface area contributed by atoms with Crippen LogP contribution in [0.2, 0.25) is 10.0 Å². The van der Waals surface area contributed by atoms with Gasteiger partial charge in [-0.1, -0.05) is 29.3 Å². The van der Waals surface area contributed by atoms with Crippen LogP contribution in [0, 0.1) is 0 Å². The number of sulfone groups is 1. The van der Waals surface area contributed by atoms with E-state index in [0.717, 1.165) is 36.6 Å². The van der Waals surface area contributed by atoms with Gasteiger partial charge >= 0.3 is 0 Å². The lowest BCUT2D eigenvalue weighted by molar-refractivity contribution is 0.313. The molecule has 1 aliphatic rings. The van der Waals surface area contributed by atoms with Gasteiger partial charge in [0.2, 0.25) is 9.84 Å². The molecule has 0 unspecified atom stereocenters. The van der Waals surface area contributed by atoms with E-state index in [1.54, 1.807) is 29.6 Å². The van der Waals surface area contributed by atoms with Crippen molar-refractivity contribution in [3.8, 4) is 0 Å². The third-order valence-electron chi connectivity index (χ3n) is 4.82. The molecule has 0 saturated carbocycles. The van der Waals surface area contributed by atoms with Gasteiger partial charge in [0.1, 0.15) is 0 Å². The van der Waals surface area contributed by atoms with Crippen molar-refractivity contribution in [2.45, 2.75) is 9.79 Å². The van der Waals surface area contributed by atoms with E-state index in [9.17, 15) is 8.42 Å². The monoisotopic (exact) mass is 476 g/mol. The summed E-state index contributed by atoms with van der Waals surface area (Å²) in [5.41, 5.74) is 1.00. The summed E-state index contributed by atoms with van der Waals surface area (Å²) in [5.74, 6) is 0. The predicted molar refractivity (Wildman–Crippen MR) is 121 cm³/mol. The molecule has 3 aromatic rings. The van der Waals surface area contributed by atoms with Gasteiger partial charge in [0.05, 0.1) is 20.2 Å². The van der Waals surface area contributed by atoms with Crippen LogP contribution in [0.3, 0.4) is 0 Å². The molecule has 1 aliphatic heterocycles. The zero-order valence-electron chi connectivity index (χ0n) is 15.1. The molecule has 2 aromatic carbocycles. The van der Waals surface area contributed by atoms with Crippen LogP contribution < -0.4 is 4.90 Å². The van der Waals surface area contributed by atoms with Crippen LogP contribution in [-0.4, -0.2) is 46.5 Å². The van der Waals surface area contributed by atoms with E-state index in [4.69, 9.17) is 23.2 Å². The van der Waals surface area contributed by atoms with Crippen LogP contribution in [-0.2, 0) is 9.84 Å². The molecule has 9 heteroatoms. The molecular weight excluding hydrogens is 459 g/mol. The van der Waals surface area contributed by atoms with E-state index < -0.39 is 9.84 Å². The first-order valence-electron chi connectivity index (χ1n) is 8.51. The van der Waals surface area contributed by atoms with Crippen LogP contribution in [0.4, 0.5) is 5.69 Å². The third-order valence-corrected chi connectivity index (χ3v) is 8.24. The normalized spacial score (nSPS) is 15.6. The van der Waals surface area contributed by atoms with Crippen molar-refractivity contribution in [3.05, 3.63) is 51.8 Å². The quantitative estimate of drug-likeness (QED) is 0.519. The summed E-state index contributed by atoms with van der Waals surface area (Å²) in [6, 6.07) is 10.0. The predicted octanol–water partition coefficient (Wildman–Crippen LogP) is 5.21. The van der Waals surface area contributed by atoms with Gasteiger partial charge in [0.25, 0.3) is 0 Å². The number of anilines is 1. The van der Waals surface area contributed by atoms with Gasteiger partial charge in [-0.05, 0) is 37.4 Å². The molecule has 0 bridgehead atoms. The number of likely N-dealkylation sites (N-methyl/N-ethyl adjacent to an activating group) is 1. The van der Waals surface area contributed by atoms with Crippen LogP contribution in [0.1, 0.15) is 0 Å². The van der Waals surface area contributed by atoms with Crippen molar-refractivity contribution in [2.24, 2.45) is 0 Å². The smallest absolute Gasteiger partial charge is 0.208 e. The summed E-state index contributed by atoms with van der Waals surface area (Å²) >= 11 is 13.8. The van der Waals surface area contributed by atoms with E-state index in [1.165, 1.54) is 17.4 Å².